The molecule has 0 fully saturated rings. The molecule has 6 nitrogen and oxygen atoms in total. The Kier molecular flexibility index (Phi) is 4.88. The number of anilines is 1. The molecular weight excluding hydrogens is 322 g/mol. The zero-order valence-corrected chi connectivity index (χ0v) is 14.1. The molecule has 2 aromatic carbocycles. The lowest BCUT2D eigenvalue weighted by Crippen LogP contribution is -2.20. The molecule has 0 bridgehead atoms. The van der Waals surface area contributed by atoms with Crippen molar-refractivity contribution < 1.29 is 23.8 Å². The van der Waals surface area contributed by atoms with Crippen molar-refractivity contribution in [3.05, 3.63) is 47.5 Å². The second kappa shape index (κ2) is 7.25. The largest absolute Gasteiger partial charge is 0.497 e. The van der Waals surface area contributed by atoms with Gasteiger partial charge in [0.1, 0.15) is 17.2 Å². The van der Waals surface area contributed by atoms with Gasteiger partial charge in [0.05, 0.1) is 14.2 Å². The summed E-state index contributed by atoms with van der Waals surface area (Å²) in [5.41, 5.74) is 2.12. The maximum atomic E-state index is 12.2. The van der Waals surface area contributed by atoms with Crippen molar-refractivity contribution in [2.45, 2.75) is 12.8 Å². The topological polar surface area (TPSA) is 73.9 Å². The van der Waals surface area contributed by atoms with Crippen LogP contribution in [0.5, 0.6) is 17.2 Å². The quantitative estimate of drug-likeness (QED) is 0.874. The van der Waals surface area contributed by atoms with Crippen molar-refractivity contribution in [2.75, 3.05) is 26.1 Å². The first-order valence-electron chi connectivity index (χ1n) is 7.91. The minimum absolute atomic E-state index is 0.119. The van der Waals surface area contributed by atoms with Crippen LogP contribution in [-0.2, 0) is 11.2 Å². The van der Waals surface area contributed by atoms with Crippen molar-refractivity contribution in [3.63, 3.8) is 0 Å². The molecule has 130 valence electrons. The average Bonchev–Trinajstić information content (AvgIpc) is 3.01. The summed E-state index contributed by atoms with van der Waals surface area (Å²) >= 11 is 0. The average molecular weight is 341 g/mol. The van der Waals surface area contributed by atoms with Crippen LogP contribution in [0.3, 0.4) is 0 Å². The van der Waals surface area contributed by atoms with Crippen molar-refractivity contribution in [3.8, 4) is 17.2 Å². The predicted octanol–water partition coefficient (Wildman–Crippen LogP) is 2.85. The van der Waals surface area contributed by atoms with E-state index >= 15 is 0 Å². The van der Waals surface area contributed by atoms with Crippen LogP contribution in [0.15, 0.2) is 36.4 Å². The van der Waals surface area contributed by atoms with E-state index in [1.165, 1.54) is 0 Å². The third-order valence-electron chi connectivity index (χ3n) is 4.03. The van der Waals surface area contributed by atoms with Gasteiger partial charge in [-0.25, -0.2) is 0 Å². The zero-order valence-electron chi connectivity index (χ0n) is 14.1. The van der Waals surface area contributed by atoms with Crippen molar-refractivity contribution in [2.24, 2.45) is 0 Å². The summed E-state index contributed by atoms with van der Waals surface area (Å²) in [4.78, 5) is 23.9. The summed E-state index contributed by atoms with van der Waals surface area (Å²) in [5, 5.41) is 2.75. The maximum Gasteiger partial charge on any atom is 0.262 e. The first-order valence-corrected chi connectivity index (χ1v) is 7.91. The number of hydrogen-bond donors (Lipinski definition) is 1. The Balaban J connectivity index is 1.65. The number of methoxy groups -OCH3 is 2. The zero-order chi connectivity index (χ0) is 17.8. The van der Waals surface area contributed by atoms with Crippen LogP contribution in [0.25, 0.3) is 0 Å². The number of amides is 1. The number of rotatable bonds is 6. The van der Waals surface area contributed by atoms with Gasteiger partial charge in [-0.05, 0) is 12.5 Å². The van der Waals surface area contributed by atoms with Gasteiger partial charge < -0.3 is 19.5 Å². The highest BCUT2D eigenvalue weighted by Gasteiger charge is 2.22. The fourth-order valence-electron chi connectivity index (χ4n) is 2.81. The van der Waals surface area contributed by atoms with Crippen LogP contribution in [0, 0.1) is 0 Å². The van der Waals surface area contributed by atoms with E-state index in [0.717, 1.165) is 5.56 Å². The van der Waals surface area contributed by atoms with E-state index in [2.05, 4.69) is 5.32 Å². The standard InChI is InChI=1S/C19H19NO5/c1-23-13-8-12(9-14(10-13)24-2)20-19(22)11-25-18-5-3-4-15-16(18)6-7-17(15)21/h3-5,8-10H,6-7,11H2,1-2H3,(H,20,22). The molecule has 2 aromatic rings. The minimum atomic E-state index is -0.308. The van der Waals surface area contributed by atoms with Crippen LogP contribution in [0.1, 0.15) is 22.3 Å². The second-order valence-electron chi connectivity index (χ2n) is 5.64. The summed E-state index contributed by atoms with van der Waals surface area (Å²) in [6.07, 6.45) is 1.14. The van der Waals surface area contributed by atoms with Crippen molar-refractivity contribution in [1.29, 1.82) is 0 Å². The fraction of sp³-hybridized carbons (Fsp3) is 0.263. The third-order valence-corrected chi connectivity index (χ3v) is 4.03. The molecule has 1 aliphatic rings. The smallest absolute Gasteiger partial charge is 0.262 e. The van der Waals surface area contributed by atoms with E-state index in [1.54, 1.807) is 50.6 Å². The Bertz CT molecular complexity index is 793. The normalized spacial score (nSPS) is 12.5. The molecule has 0 atom stereocenters. The molecule has 0 saturated heterocycles. The Hall–Kier alpha value is -3.02. The van der Waals surface area contributed by atoms with Gasteiger partial charge in [-0.3, -0.25) is 9.59 Å². The predicted molar refractivity (Wildman–Crippen MR) is 92.8 cm³/mol. The van der Waals surface area contributed by atoms with Gasteiger partial charge in [-0.15, -0.1) is 0 Å². The number of ether oxygens (including phenoxy) is 3. The van der Waals surface area contributed by atoms with Crippen LogP contribution in [0.4, 0.5) is 5.69 Å². The Morgan fingerprint density at radius 2 is 1.80 bits per heavy atom. The number of hydrogen-bond acceptors (Lipinski definition) is 5. The minimum Gasteiger partial charge on any atom is -0.497 e. The van der Waals surface area contributed by atoms with Gasteiger partial charge in [0, 0.05) is 41.4 Å². The monoisotopic (exact) mass is 341 g/mol. The number of carbonyl (C=O) groups is 2. The second-order valence-corrected chi connectivity index (χ2v) is 5.64. The highest BCUT2D eigenvalue weighted by atomic mass is 16.5. The number of benzene rings is 2. The Morgan fingerprint density at radius 1 is 1.08 bits per heavy atom. The molecule has 0 spiro atoms. The summed E-state index contributed by atoms with van der Waals surface area (Å²) in [7, 11) is 3.08. The SMILES string of the molecule is COc1cc(NC(=O)COc2cccc3c2CCC3=O)cc(OC)c1. The van der Waals surface area contributed by atoms with Gasteiger partial charge in [-0.2, -0.15) is 0 Å². The van der Waals surface area contributed by atoms with E-state index in [1.807, 2.05) is 0 Å². The van der Waals surface area contributed by atoms with Gasteiger partial charge in [0.2, 0.25) is 0 Å². The number of Topliss-reactive ketones (excluding diaryl/α,β-unsaturated/α-hetero) is 1. The molecule has 25 heavy (non-hydrogen) atoms. The van der Waals surface area contributed by atoms with Crippen LogP contribution < -0.4 is 19.5 Å². The number of fused-ring (bicyclic) bond motifs is 1. The Labute approximate surface area is 145 Å². The lowest BCUT2D eigenvalue weighted by Gasteiger charge is -2.12. The molecule has 0 aliphatic heterocycles. The van der Waals surface area contributed by atoms with Gasteiger partial charge >= 0.3 is 0 Å². The van der Waals surface area contributed by atoms with E-state index in [-0.39, 0.29) is 18.3 Å². The lowest BCUT2D eigenvalue weighted by atomic mass is 10.1. The number of nitrogens with one attached hydrogen (secondary N) is 1. The molecule has 0 heterocycles. The molecule has 6 heteroatoms. The number of ketones is 1. The highest BCUT2D eigenvalue weighted by molar-refractivity contribution is 6.01. The molecule has 1 N–H and O–H groups in total. The Morgan fingerprint density at radius 3 is 2.48 bits per heavy atom. The third kappa shape index (κ3) is 3.74. The highest BCUT2D eigenvalue weighted by Crippen LogP contribution is 2.30. The molecule has 0 saturated carbocycles. The van der Waals surface area contributed by atoms with Crippen LogP contribution in [0.2, 0.25) is 0 Å². The molecule has 1 aliphatic carbocycles. The van der Waals surface area contributed by atoms with Gasteiger partial charge in [0.25, 0.3) is 5.91 Å². The first-order chi connectivity index (χ1) is 12.1. The molecule has 0 aromatic heterocycles. The van der Waals surface area contributed by atoms with E-state index in [4.69, 9.17) is 14.2 Å². The summed E-state index contributed by atoms with van der Waals surface area (Å²) in [5.74, 6) is 1.55. The summed E-state index contributed by atoms with van der Waals surface area (Å²) in [6, 6.07) is 10.4. The van der Waals surface area contributed by atoms with Crippen molar-refractivity contribution in [1.82, 2.24) is 0 Å². The molecular formula is C19H19NO5. The first kappa shape index (κ1) is 16.8. The summed E-state index contributed by atoms with van der Waals surface area (Å²) in [6.45, 7) is -0.149. The van der Waals surface area contributed by atoms with Gasteiger partial charge in [-0.1, -0.05) is 12.1 Å². The molecule has 1 amide bonds. The number of carbonyl (C=O) groups excluding carboxylic acids is 2. The van der Waals surface area contributed by atoms with Crippen LogP contribution in [-0.4, -0.2) is 32.5 Å². The van der Waals surface area contributed by atoms with Crippen molar-refractivity contribution >= 4 is 17.4 Å². The summed E-state index contributed by atoms with van der Waals surface area (Å²) < 4.78 is 16.0. The maximum absolute atomic E-state index is 12.2. The van der Waals surface area contributed by atoms with E-state index in [0.29, 0.717) is 41.3 Å². The molecule has 0 radical (unpaired) electrons. The molecule has 3 rings (SSSR count). The fourth-order valence-corrected chi connectivity index (χ4v) is 2.81. The van der Waals surface area contributed by atoms with Crippen LogP contribution >= 0.6 is 0 Å². The van der Waals surface area contributed by atoms with Gasteiger partial charge in [0.15, 0.2) is 12.4 Å². The van der Waals surface area contributed by atoms with E-state index in [9.17, 15) is 9.59 Å². The van der Waals surface area contributed by atoms with E-state index < -0.39 is 0 Å². The molecule has 0 unspecified atom stereocenters. The lowest BCUT2D eigenvalue weighted by molar-refractivity contribution is -0.118.